The number of nitrogens with one attached hydrogen (secondary N) is 2. The van der Waals surface area contributed by atoms with Crippen LogP contribution in [0.5, 0.6) is 0 Å². The zero-order chi connectivity index (χ0) is 14.1. The topological polar surface area (TPSA) is 58.2 Å². The number of sulfonamides is 1. The molecule has 1 fully saturated rings. The molecule has 1 aliphatic rings. The molecule has 0 amide bonds. The van der Waals surface area contributed by atoms with E-state index in [4.69, 9.17) is 0 Å². The predicted octanol–water partition coefficient (Wildman–Crippen LogP) is 2.18. The third-order valence-corrected chi connectivity index (χ3v) is 6.49. The number of hydrogen-bond acceptors (Lipinski definition) is 4. The highest BCUT2D eigenvalue weighted by atomic mass is 32.2. The molecule has 108 valence electrons. The standard InChI is InChI=1S/C13H22N2O2S2/c1-10(2)13(4-5-13)9-15-19(16,17)12-6-11(7-14-3)18-8-12/h6,8,10,14-15H,4-5,7,9H2,1-3H3. The molecule has 1 saturated carbocycles. The minimum absolute atomic E-state index is 0.191. The molecule has 1 heterocycles. The first kappa shape index (κ1) is 15.0. The van der Waals surface area contributed by atoms with Crippen molar-refractivity contribution < 1.29 is 8.42 Å². The first-order chi connectivity index (χ1) is 8.89. The van der Waals surface area contributed by atoms with Crippen LogP contribution in [0, 0.1) is 11.3 Å². The number of rotatable bonds is 7. The third-order valence-electron chi connectivity index (χ3n) is 4.02. The summed E-state index contributed by atoms with van der Waals surface area (Å²) in [6.07, 6.45) is 2.25. The zero-order valence-electron chi connectivity index (χ0n) is 11.7. The Bertz CT molecular complexity index is 531. The van der Waals surface area contributed by atoms with Crippen molar-refractivity contribution in [3.63, 3.8) is 0 Å². The fourth-order valence-electron chi connectivity index (χ4n) is 2.21. The summed E-state index contributed by atoms with van der Waals surface area (Å²) >= 11 is 1.47. The van der Waals surface area contributed by atoms with Gasteiger partial charge in [0.1, 0.15) is 0 Å². The summed E-state index contributed by atoms with van der Waals surface area (Å²) in [5.74, 6) is 0.525. The molecule has 4 nitrogen and oxygen atoms in total. The molecule has 19 heavy (non-hydrogen) atoms. The Morgan fingerprint density at radius 1 is 1.42 bits per heavy atom. The van der Waals surface area contributed by atoms with Crippen molar-refractivity contribution in [1.29, 1.82) is 0 Å². The maximum atomic E-state index is 12.2. The van der Waals surface area contributed by atoms with E-state index < -0.39 is 10.0 Å². The van der Waals surface area contributed by atoms with Crippen LogP contribution < -0.4 is 10.0 Å². The van der Waals surface area contributed by atoms with Gasteiger partial charge in [-0.2, -0.15) is 0 Å². The summed E-state index contributed by atoms with van der Waals surface area (Å²) in [4.78, 5) is 1.43. The largest absolute Gasteiger partial charge is 0.315 e. The van der Waals surface area contributed by atoms with Gasteiger partial charge in [0, 0.05) is 23.3 Å². The molecule has 1 aromatic rings. The first-order valence-corrected chi connectivity index (χ1v) is 8.97. The lowest BCUT2D eigenvalue weighted by Gasteiger charge is -2.19. The average Bonchev–Trinajstić information content (AvgIpc) is 3.00. The SMILES string of the molecule is CNCc1cc(S(=O)(=O)NCC2(C(C)C)CC2)cs1. The summed E-state index contributed by atoms with van der Waals surface area (Å²) in [6, 6.07) is 1.75. The Morgan fingerprint density at radius 2 is 2.11 bits per heavy atom. The molecule has 1 aliphatic carbocycles. The Hall–Kier alpha value is -0.430. The predicted molar refractivity (Wildman–Crippen MR) is 78.8 cm³/mol. The molecule has 0 radical (unpaired) electrons. The Kier molecular flexibility index (Phi) is 4.35. The summed E-state index contributed by atoms with van der Waals surface area (Å²) in [6.45, 7) is 5.59. The van der Waals surface area contributed by atoms with Gasteiger partial charge in [0.15, 0.2) is 0 Å². The van der Waals surface area contributed by atoms with Crippen molar-refractivity contribution in [2.24, 2.45) is 11.3 Å². The van der Waals surface area contributed by atoms with Crippen molar-refractivity contribution >= 4 is 21.4 Å². The maximum Gasteiger partial charge on any atom is 0.241 e. The monoisotopic (exact) mass is 302 g/mol. The van der Waals surface area contributed by atoms with E-state index in [1.165, 1.54) is 11.3 Å². The molecule has 0 saturated heterocycles. The van der Waals surface area contributed by atoms with E-state index in [9.17, 15) is 8.42 Å². The fraction of sp³-hybridized carbons (Fsp3) is 0.692. The lowest BCUT2D eigenvalue weighted by atomic mass is 9.93. The van der Waals surface area contributed by atoms with Crippen LogP contribution in [0.4, 0.5) is 0 Å². The molecule has 0 aromatic carbocycles. The van der Waals surface area contributed by atoms with Gasteiger partial charge in [0.2, 0.25) is 10.0 Å². The van der Waals surface area contributed by atoms with Crippen LogP contribution in [0.1, 0.15) is 31.6 Å². The van der Waals surface area contributed by atoms with E-state index >= 15 is 0 Å². The van der Waals surface area contributed by atoms with Crippen LogP contribution in [-0.2, 0) is 16.6 Å². The Labute approximate surface area is 119 Å². The van der Waals surface area contributed by atoms with Crippen molar-refractivity contribution in [3.05, 3.63) is 16.3 Å². The highest BCUT2D eigenvalue weighted by Crippen LogP contribution is 2.51. The van der Waals surface area contributed by atoms with E-state index in [0.29, 0.717) is 23.9 Å². The lowest BCUT2D eigenvalue weighted by Crippen LogP contribution is -2.32. The summed E-state index contributed by atoms with van der Waals surface area (Å²) in [5, 5.41) is 4.74. The number of hydrogen-bond donors (Lipinski definition) is 2. The molecule has 0 atom stereocenters. The summed E-state index contributed by atoms with van der Waals surface area (Å²) in [5.41, 5.74) is 0.191. The quantitative estimate of drug-likeness (QED) is 0.811. The minimum atomic E-state index is -3.35. The second kappa shape index (κ2) is 5.52. The van der Waals surface area contributed by atoms with Gasteiger partial charge in [0.05, 0.1) is 4.90 Å². The van der Waals surface area contributed by atoms with Crippen LogP contribution >= 0.6 is 11.3 Å². The lowest BCUT2D eigenvalue weighted by molar-refractivity contribution is 0.357. The van der Waals surface area contributed by atoms with Gasteiger partial charge in [-0.25, -0.2) is 13.1 Å². The van der Waals surface area contributed by atoms with E-state index in [0.717, 1.165) is 17.7 Å². The Balaban J connectivity index is 2.01. The van der Waals surface area contributed by atoms with Crippen molar-refractivity contribution in [3.8, 4) is 0 Å². The van der Waals surface area contributed by atoms with Crippen LogP contribution in [-0.4, -0.2) is 22.0 Å². The van der Waals surface area contributed by atoms with Crippen molar-refractivity contribution in [2.45, 2.75) is 38.1 Å². The van der Waals surface area contributed by atoms with E-state index in [1.807, 2.05) is 7.05 Å². The molecule has 0 unspecified atom stereocenters. The van der Waals surface area contributed by atoms with Crippen molar-refractivity contribution in [1.82, 2.24) is 10.0 Å². The Morgan fingerprint density at radius 3 is 2.63 bits per heavy atom. The van der Waals surface area contributed by atoms with Crippen LogP contribution in [0.15, 0.2) is 16.3 Å². The van der Waals surface area contributed by atoms with Gasteiger partial charge >= 0.3 is 0 Å². The normalized spacial score (nSPS) is 17.9. The highest BCUT2D eigenvalue weighted by molar-refractivity contribution is 7.89. The van der Waals surface area contributed by atoms with E-state index in [2.05, 4.69) is 23.9 Å². The number of thiophene rings is 1. The molecule has 1 aromatic heterocycles. The zero-order valence-corrected chi connectivity index (χ0v) is 13.3. The second-order valence-corrected chi connectivity index (χ2v) is 8.38. The van der Waals surface area contributed by atoms with Gasteiger partial charge < -0.3 is 5.32 Å². The van der Waals surface area contributed by atoms with E-state index in [1.54, 1.807) is 11.4 Å². The second-order valence-electron chi connectivity index (χ2n) is 5.62. The third kappa shape index (κ3) is 3.37. The maximum absolute atomic E-state index is 12.2. The van der Waals surface area contributed by atoms with Gasteiger partial charge in [-0.15, -0.1) is 11.3 Å². The molecule has 0 aliphatic heterocycles. The highest BCUT2D eigenvalue weighted by Gasteiger charge is 2.45. The molecular weight excluding hydrogens is 280 g/mol. The average molecular weight is 302 g/mol. The molecule has 2 rings (SSSR count). The smallest absolute Gasteiger partial charge is 0.241 e. The van der Waals surface area contributed by atoms with Gasteiger partial charge in [-0.05, 0) is 37.3 Å². The first-order valence-electron chi connectivity index (χ1n) is 6.61. The summed E-state index contributed by atoms with van der Waals surface area (Å²) in [7, 11) is -1.50. The van der Waals surface area contributed by atoms with Crippen LogP contribution in [0.2, 0.25) is 0 Å². The van der Waals surface area contributed by atoms with Gasteiger partial charge in [0.25, 0.3) is 0 Å². The molecule has 0 bridgehead atoms. The molecule has 6 heteroatoms. The van der Waals surface area contributed by atoms with Crippen molar-refractivity contribution in [2.75, 3.05) is 13.6 Å². The fourth-order valence-corrected chi connectivity index (χ4v) is 4.63. The van der Waals surface area contributed by atoms with E-state index in [-0.39, 0.29) is 5.41 Å². The summed E-state index contributed by atoms with van der Waals surface area (Å²) < 4.78 is 27.2. The van der Waals surface area contributed by atoms with Gasteiger partial charge in [-0.3, -0.25) is 0 Å². The van der Waals surface area contributed by atoms with Crippen LogP contribution in [0.3, 0.4) is 0 Å². The molecule has 2 N–H and O–H groups in total. The van der Waals surface area contributed by atoms with Crippen LogP contribution in [0.25, 0.3) is 0 Å². The minimum Gasteiger partial charge on any atom is -0.315 e. The molecule has 0 spiro atoms. The van der Waals surface area contributed by atoms with Gasteiger partial charge in [-0.1, -0.05) is 13.8 Å². The molecular formula is C13H22N2O2S2.